The molecule has 0 amide bonds. The van der Waals surface area contributed by atoms with Gasteiger partial charge in [-0.25, -0.2) is 0 Å². The van der Waals surface area contributed by atoms with Crippen molar-refractivity contribution >= 4 is 34.1 Å². The number of rotatable bonds is 13. The summed E-state index contributed by atoms with van der Waals surface area (Å²) in [5.74, 6) is 1.60. The van der Waals surface area contributed by atoms with Crippen LogP contribution in [0.25, 0.3) is 0 Å². The van der Waals surface area contributed by atoms with Crippen LogP contribution in [-0.4, -0.2) is 24.4 Å². The summed E-state index contributed by atoms with van der Waals surface area (Å²) in [5, 5.41) is 19.4. The van der Waals surface area contributed by atoms with Crippen LogP contribution in [0.1, 0.15) is 22.3 Å². The molecule has 0 spiro atoms. The largest absolute Gasteiger partial charge is 0.497 e. The molecule has 0 aromatic heterocycles. The number of methoxy groups -OCH3 is 2. The molecule has 0 fully saturated rings. The molecular formula is C42H40N2O4. The predicted molar refractivity (Wildman–Crippen MR) is 195 cm³/mol. The maximum absolute atomic E-state index is 9.69. The maximum atomic E-state index is 9.69. The quantitative estimate of drug-likeness (QED) is 0.132. The lowest BCUT2D eigenvalue weighted by Crippen LogP contribution is -2.14. The summed E-state index contributed by atoms with van der Waals surface area (Å²) < 4.78 is 10.9. The van der Waals surface area contributed by atoms with Crippen molar-refractivity contribution < 1.29 is 19.7 Å². The van der Waals surface area contributed by atoms with E-state index < -0.39 is 0 Å². The van der Waals surface area contributed by atoms with Crippen LogP contribution < -0.4 is 19.3 Å². The lowest BCUT2D eigenvalue weighted by Gasteiger charge is -2.29. The van der Waals surface area contributed by atoms with Crippen molar-refractivity contribution in [1.82, 2.24) is 0 Å². The number of hydrogen-bond acceptors (Lipinski definition) is 6. The van der Waals surface area contributed by atoms with E-state index in [4.69, 9.17) is 9.47 Å². The van der Waals surface area contributed by atoms with Crippen molar-refractivity contribution in [2.75, 3.05) is 24.0 Å². The number of anilines is 6. The summed E-state index contributed by atoms with van der Waals surface area (Å²) in [6, 6.07) is 49.3. The number of benzene rings is 6. The first-order chi connectivity index (χ1) is 23.6. The lowest BCUT2D eigenvalue weighted by atomic mass is 9.99. The smallest absolute Gasteiger partial charge is 0.119 e. The molecule has 0 atom stereocenters. The number of aliphatic hydroxyl groups is 2. The zero-order valence-corrected chi connectivity index (χ0v) is 27.3. The summed E-state index contributed by atoms with van der Waals surface area (Å²) in [4.78, 5) is 4.52. The molecule has 0 aliphatic heterocycles. The van der Waals surface area contributed by atoms with Crippen molar-refractivity contribution in [3.63, 3.8) is 0 Å². The van der Waals surface area contributed by atoms with Gasteiger partial charge in [-0.15, -0.1) is 0 Å². The number of aryl methyl sites for hydroxylation is 2. The Morgan fingerprint density at radius 3 is 1.04 bits per heavy atom. The van der Waals surface area contributed by atoms with Gasteiger partial charge in [-0.05, 0) is 120 Å². The Morgan fingerprint density at radius 1 is 0.417 bits per heavy atom. The van der Waals surface area contributed by atoms with Gasteiger partial charge in [0.25, 0.3) is 0 Å². The van der Waals surface area contributed by atoms with E-state index in [0.29, 0.717) is 0 Å². The van der Waals surface area contributed by atoms with Gasteiger partial charge < -0.3 is 29.5 Å². The zero-order chi connectivity index (χ0) is 33.3. The summed E-state index contributed by atoms with van der Waals surface area (Å²) in [6.07, 6.45) is 1.60. The molecular weight excluding hydrogens is 596 g/mol. The van der Waals surface area contributed by atoms with Crippen molar-refractivity contribution in [2.45, 2.75) is 26.1 Å². The van der Waals surface area contributed by atoms with E-state index in [-0.39, 0.29) is 13.2 Å². The average Bonchev–Trinajstić information content (AvgIpc) is 3.16. The molecule has 0 bridgehead atoms. The van der Waals surface area contributed by atoms with Crippen LogP contribution in [0.15, 0.2) is 146 Å². The summed E-state index contributed by atoms with van der Waals surface area (Å²) in [6.45, 7) is -0.00410. The minimum Gasteiger partial charge on any atom is -0.497 e. The molecule has 0 saturated carbocycles. The zero-order valence-electron chi connectivity index (χ0n) is 27.3. The highest BCUT2D eigenvalue weighted by Crippen LogP contribution is 2.40. The normalized spacial score (nSPS) is 10.8. The Balaban J connectivity index is 1.38. The van der Waals surface area contributed by atoms with Gasteiger partial charge in [-0.1, -0.05) is 60.7 Å². The monoisotopic (exact) mass is 636 g/mol. The third-order valence-corrected chi connectivity index (χ3v) is 8.54. The Hall–Kier alpha value is -5.56. The molecule has 0 unspecified atom stereocenters. The molecule has 0 aliphatic carbocycles. The first-order valence-corrected chi connectivity index (χ1v) is 16.1. The van der Waals surface area contributed by atoms with Crippen molar-refractivity contribution in [3.8, 4) is 11.5 Å². The van der Waals surface area contributed by atoms with Crippen molar-refractivity contribution in [2.24, 2.45) is 0 Å². The molecule has 6 nitrogen and oxygen atoms in total. The summed E-state index contributed by atoms with van der Waals surface area (Å²) in [7, 11) is 3.35. The van der Waals surface area contributed by atoms with Gasteiger partial charge in [0.05, 0.1) is 27.4 Å². The minimum absolute atomic E-state index is 0.00205. The van der Waals surface area contributed by atoms with Crippen LogP contribution in [0.2, 0.25) is 0 Å². The second-order valence-corrected chi connectivity index (χ2v) is 11.5. The third kappa shape index (κ3) is 7.20. The van der Waals surface area contributed by atoms with E-state index in [1.165, 1.54) is 11.1 Å². The second kappa shape index (κ2) is 15.4. The summed E-state index contributed by atoms with van der Waals surface area (Å²) in [5.41, 5.74) is 10.3. The predicted octanol–water partition coefficient (Wildman–Crippen LogP) is 9.41. The fourth-order valence-electron chi connectivity index (χ4n) is 5.97. The van der Waals surface area contributed by atoms with Crippen LogP contribution in [0.3, 0.4) is 0 Å². The molecule has 6 rings (SSSR count). The van der Waals surface area contributed by atoms with E-state index in [2.05, 4.69) is 107 Å². The molecule has 6 aromatic carbocycles. The Labute approximate surface area is 282 Å². The number of aliphatic hydroxyl groups excluding tert-OH is 2. The van der Waals surface area contributed by atoms with E-state index in [9.17, 15) is 10.2 Å². The van der Waals surface area contributed by atoms with Crippen LogP contribution >= 0.6 is 0 Å². The van der Waals surface area contributed by atoms with Gasteiger partial charge in [0.1, 0.15) is 11.5 Å². The van der Waals surface area contributed by atoms with E-state index in [0.717, 1.165) is 69.6 Å². The van der Waals surface area contributed by atoms with Crippen LogP contribution in [0.4, 0.5) is 34.1 Å². The SMILES string of the molecule is COc1ccc(N(c2ccc(CO)cc2)c2ccccc2CCc2ccccc2N(c2ccc(CO)cc2)c2ccc(OC)cc2)cc1. The topological polar surface area (TPSA) is 65.4 Å². The summed E-state index contributed by atoms with van der Waals surface area (Å²) >= 11 is 0. The Morgan fingerprint density at radius 2 is 0.729 bits per heavy atom. The van der Waals surface area contributed by atoms with Gasteiger partial charge in [0, 0.05) is 34.1 Å². The number of nitrogens with zero attached hydrogens (tertiary/aromatic N) is 2. The molecule has 0 aliphatic rings. The molecule has 0 radical (unpaired) electrons. The fraction of sp³-hybridized carbons (Fsp3) is 0.143. The van der Waals surface area contributed by atoms with Crippen LogP contribution in [0.5, 0.6) is 11.5 Å². The van der Waals surface area contributed by atoms with Crippen molar-refractivity contribution in [1.29, 1.82) is 0 Å². The number of ether oxygens (including phenoxy) is 2. The van der Waals surface area contributed by atoms with Gasteiger partial charge in [0.2, 0.25) is 0 Å². The third-order valence-electron chi connectivity index (χ3n) is 8.54. The molecule has 2 N–H and O–H groups in total. The second-order valence-electron chi connectivity index (χ2n) is 11.5. The lowest BCUT2D eigenvalue weighted by molar-refractivity contribution is 0.281. The maximum Gasteiger partial charge on any atom is 0.119 e. The Kier molecular flexibility index (Phi) is 10.4. The molecule has 6 heteroatoms. The molecule has 0 saturated heterocycles. The van der Waals surface area contributed by atoms with E-state index in [1.807, 2.05) is 48.5 Å². The molecule has 6 aromatic rings. The number of hydrogen-bond donors (Lipinski definition) is 2. The van der Waals surface area contributed by atoms with Crippen LogP contribution in [0, 0.1) is 0 Å². The highest BCUT2D eigenvalue weighted by atomic mass is 16.5. The molecule has 0 heterocycles. The fourth-order valence-corrected chi connectivity index (χ4v) is 5.97. The van der Waals surface area contributed by atoms with Gasteiger partial charge in [-0.3, -0.25) is 0 Å². The Bertz CT molecular complexity index is 1670. The van der Waals surface area contributed by atoms with Crippen molar-refractivity contribution in [3.05, 3.63) is 168 Å². The first kappa shape index (κ1) is 32.4. The average molecular weight is 637 g/mol. The molecule has 48 heavy (non-hydrogen) atoms. The highest BCUT2D eigenvalue weighted by molar-refractivity contribution is 5.80. The standard InChI is InChI=1S/C42H40N2O4/c1-47-39-25-21-37(22-26-39)43(35-17-11-31(29-45)12-18-35)41-9-5-3-7-33(41)15-16-34-8-4-6-10-42(34)44(36-19-13-32(30-46)14-20-36)38-23-27-40(48-2)28-24-38/h3-14,17-28,45-46H,15-16,29-30H2,1-2H3. The highest BCUT2D eigenvalue weighted by Gasteiger charge is 2.19. The van der Waals surface area contributed by atoms with Gasteiger partial charge >= 0.3 is 0 Å². The minimum atomic E-state index is -0.00205. The van der Waals surface area contributed by atoms with E-state index >= 15 is 0 Å². The molecule has 242 valence electrons. The first-order valence-electron chi connectivity index (χ1n) is 16.1. The van der Waals surface area contributed by atoms with Crippen LogP contribution in [-0.2, 0) is 26.1 Å². The number of para-hydroxylation sites is 2. The van der Waals surface area contributed by atoms with E-state index in [1.54, 1.807) is 14.2 Å². The van der Waals surface area contributed by atoms with Gasteiger partial charge in [-0.2, -0.15) is 0 Å². The van der Waals surface area contributed by atoms with Gasteiger partial charge in [0.15, 0.2) is 0 Å².